The molecule has 0 saturated carbocycles. The summed E-state index contributed by atoms with van der Waals surface area (Å²) in [6.07, 6.45) is 0. The third-order valence-electron chi connectivity index (χ3n) is 2.50. The molecule has 0 N–H and O–H groups in total. The van der Waals surface area contributed by atoms with Crippen LogP contribution in [0.3, 0.4) is 0 Å². The molecule has 15 heavy (non-hydrogen) atoms. The Morgan fingerprint density at radius 2 is 1.53 bits per heavy atom. The summed E-state index contributed by atoms with van der Waals surface area (Å²) in [5, 5.41) is -0.103. The maximum absolute atomic E-state index is 11.8. The highest BCUT2D eigenvalue weighted by Crippen LogP contribution is 2.67. The number of hydrogen-bond acceptors (Lipinski definition) is 2. The fourth-order valence-electron chi connectivity index (χ4n) is 1.69. The predicted molar refractivity (Wildman–Crippen MR) is 60.8 cm³/mol. The van der Waals surface area contributed by atoms with Crippen molar-refractivity contribution in [1.82, 2.24) is 0 Å². The van der Waals surface area contributed by atoms with Crippen molar-refractivity contribution in [1.29, 1.82) is 0 Å². The summed E-state index contributed by atoms with van der Waals surface area (Å²) in [5.74, 6) is -0.549. The van der Waals surface area contributed by atoms with Crippen LogP contribution in [0, 0.1) is 0 Å². The van der Waals surface area contributed by atoms with Gasteiger partial charge < -0.3 is 4.74 Å². The molecule has 7 heteroatoms. The van der Waals surface area contributed by atoms with Crippen LogP contribution < -0.4 is 0 Å². The second-order valence-electron chi connectivity index (χ2n) is 3.12. The van der Waals surface area contributed by atoms with Crippen molar-refractivity contribution in [3.63, 3.8) is 0 Å². The number of Topliss-reactive ketones (excluding diaryl/α,β-unsaturated/α-hetero) is 1. The second-order valence-corrected chi connectivity index (χ2v) is 5.39. The lowest BCUT2D eigenvalue weighted by atomic mass is 9.80. The van der Waals surface area contributed by atoms with Gasteiger partial charge in [0.2, 0.25) is 5.78 Å². The molecule has 2 rings (SSSR count). The van der Waals surface area contributed by atoms with Gasteiger partial charge in [-0.25, -0.2) is 0 Å². The molecule has 0 aromatic carbocycles. The van der Waals surface area contributed by atoms with Gasteiger partial charge in [-0.2, -0.15) is 0 Å². The van der Waals surface area contributed by atoms with Crippen LogP contribution in [0.2, 0.25) is 0 Å². The number of halogens is 5. The van der Waals surface area contributed by atoms with Crippen LogP contribution >= 0.6 is 58.0 Å². The monoisotopic (exact) mass is 306 g/mol. The van der Waals surface area contributed by atoms with E-state index in [9.17, 15) is 4.79 Å². The fourth-order valence-corrected chi connectivity index (χ4v) is 3.90. The van der Waals surface area contributed by atoms with Gasteiger partial charge in [0, 0.05) is 0 Å². The molecular formula is C8H3Cl5O2. The van der Waals surface area contributed by atoms with E-state index in [4.69, 9.17) is 62.7 Å². The lowest BCUT2D eigenvalue weighted by molar-refractivity contribution is -0.116. The van der Waals surface area contributed by atoms with E-state index in [1.54, 1.807) is 0 Å². The highest BCUT2D eigenvalue weighted by atomic mass is 35.5. The van der Waals surface area contributed by atoms with E-state index in [0.29, 0.717) is 0 Å². The van der Waals surface area contributed by atoms with E-state index < -0.39 is 15.5 Å². The first-order valence-corrected chi connectivity index (χ1v) is 5.65. The van der Waals surface area contributed by atoms with Crippen molar-refractivity contribution in [3.8, 4) is 0 Å². The number of rotatable bonds is 1. The van der Waals surface area contributed by atoms with Crippen LogP contribution in [0.5, 0.6) is 0 Å². The zero-order chi connectivity index (χ0) is 11.6. The van der Waals surface area contributed by atoms with E-state index in [2.05, 4.69) is 0 Å². The molecular weight excluding hydrogens is 305 g/mol. The lowest BCUT2D eigenvalue weighted by Gasteiger charge is -2.44. The van der Waals surface area contributed by atoms with E-state index in [0.717, 1.165) is 0 Å². The molecule has 0 aromatic rings. The summed E-state index contributed by atoms with van der Waals surface area (Å²) in [6.45, 7) is 0. The number of ether oxygens (including phenoxy) is 1. The summed E-state index contributed by atoms with van der Waals surface area (Å²) >= 11 is 29.6. The smallest absolute Gasteiger partial charge is 0.206 e. The number of hydrogen-bond donors (Lipinski definition) is 0. The summed E-state index contributed by atoms with van der Waals surface area (Å²) in [4.78, 5) is 8.68. The first kappa shape index (κ1) is 11.9. The molecule has 0 saturated heterocycles. The topological polar surface area (TPSA) is 26.3 Å². The summed E-state index contributed by atoms with van der Waals surface area (Å²) in [7, 11) is 1.33. The molecule has 0 fully saturated rings. The third kappa shape index (κ3) is 0.985. The van der Waals surface area contributed by atoms with Gasteiger partial charge in [-0.15, -0.1) is 23.2 Å². The number of carbonyl (C=O) groups is 1. The van der Waals surface area contributed by atoms with Gasteiger partial charge in [0.15, 0.2) is 9.75 Å². The Morgan fingerprint density at radius 1 is 1.07 bits per heavy atom. The molecule has 2 aliphatic carbocycles. The molecule has 0 unspecified atom stereocenters. The zero-order valence-corrected chi connectivity index (χ0v) is 11.0. The Kier molecular flexibility index (Phi) is 2.54. The third-order valence-corrected chi connectivity index (χ3v) is 5.46. The number of allylic oxidation sites excluding steroid dienone is 3. The second kappa shape index (κ2) is 3.21. The average Bonchev–Trinajstić information content (AvgIpc) is 2.36. The normalized spacial score (nSPS) is 39.5. The molecule has 0 radical (unpaired) electrons. The minimum Gasteiger partial charge on any atom is -0.497 e. The van der Waals surface area contributed by atoms with Gasteiger partial charge >= 0.3 is 0 Å². The number of methoxy groups -OCH3 is 1. The summed E-state index contributed by atoms with van der Waals surface area (Å²) < 4.78 is 4.95. The van der Waals surface area contributed by atoms with Crippen molar-refractivity contribution < 1.29 is 9.53 Å². The molecule has 2 atom stereocenters. The minimum absolute atomic E-state index is 0.00367. The lowest BCUT2D eigenvalue weighted by Crippen LogP contribution is -2.57. The predicted octanol–water partition coefficient (Wildman–Crippen LogP) is 3.32. The maximum Gasteiger partial charge on any atom is 0.206 e. The standard InChI is InChI=1S/C8H3Cl5O2/c1-15-6-2(9)5(14)7(12)3(10)4(11)8(6,7)13/h1H3/t7-,8+/m0/s1. The zero-order valence-electron chi connectivity index (χ0n) is 7.21. The maximum atomic E-state index is 11.8. The minimum atomic E-state index is -1.62. The van der Waals surface area contributed by atoms with Crippen LogP contribution in [-0.2, 0) is 9.53 Å². The van der Waals surface area contributed by atoms with Crippen molar-refractivity contribution >= 4 is 63.8 Å². The van der Waals surface area contributed by atoms with Crippen molar-refractivity contribution in [3.05, 3.63) is 20.9 Å². The highest BCUT2D eigenvalue weighted by molar-refractivity contribution is 6.67. The molecule has 0 heterocycles. The average molecular weight is 308 g/mol. The van der Waals surface area contributed by atoms with Crippen LogP contribution in [0.1, 0.15) is 0 Å². The fraction of sp³-hybridized carbons (Fsp3) is 0.375. The van der Waals surface area contributed by atoms with Crippen LogP contribution in [0.25, 0.3) is 0 Å². The Morgan fingerprint density at radius 3 is 2.00 bits per heavy atom. The molecule has 82 valence electrons. The quantitative estimate of drug-likeness (QED) is 0.695. The van der Waals surface area contributed by atoms with Crippen molar-refractivity contribution in [2.24, 2.45) is 0 Å². The molecule has 0 aliphatic heterocycles. The van der Waals surface area contributed by atoms with Gasteiger partial charge in [0.05, 0.1) is 17.2 Å². The number of ketones is 1. The number of carbonyl (C=O) groups excluding carboxylic acids is 1. The first-order valence-electron chi connectivity index (χ1n) is 3.76. The largest absolute Gasteiger partial charge is 0.497 e. The van der Waals surface area contributed by atoms with Gasteiger partial charge in [0.1, 0.15) is 10.8 Å². The van der Waals surface area contributed by atoms with Crippen LogP contribution in [0.4, 0.5) is 0 Å². The molecule has 2 nitrogen and oxygen atoms in total. The SMILES string of the molecule is COC1=C(Cl)C(=O)[C@@]2(Cl)C(Cl)=C(Cl)[C@@]12Cl. The van der Waals surface area contributed by atoms with Crippen molar-refractivity contribution in [2.75, 3.05) is 7.11 Å². The van der Waals surface area contributed by atoms with E-state index in [-0.39, 0.29) is 20.9 Å². The van der Waals surface area contributed by atoms with Gasteiger partial charge in [0.25, 0.3) is 0 Å². The summed E-state index contributed by atoms with van der Waals surface area (Å²) in [6, 6.07) is 0. The molecule has 0 spiro atoms. The number of fused-ring (bicyclic) bond motifs is 1. The highest BCUT2D eigenvalue weighted by Gasteiger charge is 2.75. The Labute approximate surface area is 111 Å². The molecule has 0 aromatic heterocycles. The first-order chi connectivity index (χ1) is 6.83. The van der Waals surface area contributed by atoms with E-state index >= 15 is 0 Å². The van der Waals surface area contributed by atoms with Gasteiger partial charge in [-0.05, 0) is 0 Å². The van der Waals surface area contributed by atoms with E-state index in [1.807, 2.05) is 0 Å². The van der Waals surface area contributed by atoms with Gasteiger partial charge in [-0.1, -0.05) is 34.8 Å². The van der Waals surface area contributed by atoms with Crippen molar-refractivity contribution in [2.45, 2.75) is 9.75 Å². The molecule has 0 bridgehead atoms. The van der Waals surface area contributed by atoms with Crippen LogP contribution in [-0.4, -0.2) is 22.6 Å². The molecule has 0 amide bonds. The Balaban J connectivity index is 2.70. The van der Waals surface area contributed by atoms with Gasteiger partial charge in [-0.3, -0.25) is 4.79 Å². The Hall–Kier alpha value is 0.400. The van der Waals surface area contributed by atoms with E-state index in [1.165, 1.54) is 7.11 Å². The number of alkyl halides is 2. The molecule has 2 aliphatic rings. The van der Waals surface area contributed by atoms with Crippen LogP contribution in [0.15, 0.2) is 20.9 Å². The summed E-state index contributed by atoms with van der Waals surface area (Å²) in [5.41, 5.74) is 0. The Bertz CT molecular complexity index is 440.